The first-order valence-electron chi connectivity index (χ1n) is 10.9. The van der Waals surface area contributed by atoms with Crippen LogP contribution in [-0.4, -0.2) is 54.7 Å². The van der Waals surface area contributed by atoms with Crippen molar-refractivity contribution in [2.24, 2.45) is 0 Å². The third kappa shape index (κ3) is 3.82. The molecule has 0 atom stereocenters. The largest absolute Gasteiger partial charge is 0.447 e. The van der Waals surface area contributed by atoms with Crippen molar-refractivity contribution in [3.63, 3.8) is 0 Å². The number of carbonyl (C=O) groups is 2. The molecule has 2 saturated heterocycles. The lowest BCUT2D eigenvalue weighted by Crippen LogP contribution is -2.36. The third-order valence-electron chi connectivity index (χ3n) is 6.30. The zero-order valence-electron chi connectivity index (χ0n) is 17.3. The Bertz CT molecular complexity index is 1020. The zero-order valence-corrected chi connectivity index (χ0v) is 18.1. The van der Waals surface area contributed by atoms with Crippen LogP contribution in [0.5, 0.6) is 0 Å². The third-order valence-corrected chi connectivity index (χ3v) is 6.58. The van der Waals surface area contributed by atoms with Crippen LogP contribution in [0.25, 0.3) is 0 Å². The maximum absolute atomic E-state index is 12.8. The molecule has 0 saturated carbocycles. The molecule has 2 fully saturated rings. The second-order valence-corrected chi connectivity index (χ2v) is 8.64. The fraction of sp³-hybridized carbons (Fsp3) is 0.435. The quantitative estimate of drug-likeness (QED) is 0.724. The van der Waals surface area contributed by atoms with Gasteiger partial charge in [-0.1, -0.05) is 23.7 Å². The van der Waals surface area contributed by atoms with Crippen LogP contribution in [0.1, 0.15) is 40.7 Å². The lowest BCUT2D eigenvalue weighted by atomic mass is 9.97. The predicted octanol–water partition coefficient (Wildman–Crippen LogP) is 3.88. The van der Waals surface area contributed by atoms with Gasteiger partial charge in [0, 0.05) is 32.4 Å². The fourth-order valence-corrected chi connectivity index (χ4v) is 4.98. The van der Waals surface area contributed by atoms with E-state index in [1.807, 2.05) is 17.0 Å². The Kier molecular flexibility index (Phi) is 5.44. The molecule has 4 heterocycles. The molecule has 5 rings (SSSR count). The minimum atomic E-state index is -0.283. The number of fused-ring (bicyclic) bond motifs is 1. The van der Waals surface area contributed by atoms with Gasteiger partial charge in [-0.05, 0) is 48.9 Å². The maximum Gasteiger partial charge on any atom is 0.414 e. The van der Waals surface area contributed by atoms with Crippen LogP contribution in [0.2, 0.25) is 5.02 Å². The van der Waals surface area contributed by atoms with E-state index >= 15 is 0 Å². The van der Waals surface area contributed by atoms with E-state index in [-0.39, 0.29) is 12.0 Å². The van der Waals surface area contributed by atoms with Gasteiger partial charge in [-0.15, -0.1) is 0 Å². The number of piperidine rings is 1. The van der Waals surface area contributed by atoms with Crippen molar-refractivity contribution in [2.75, 3.05) is 42.6 Å². The Balaban J connectivity index is 1.35. The van der Waals surface area contributed by atoms with Gasteiger partial charge in [-0.25, -0.2) is 9.78 Å². The molecule has 2 amide bonds. The summed E-state index contributed by atoms with van der Waals surface area (Å²) in [7, 11) is 0. The highest BCUT2D eigenvalue weighted by Crippen LogP contribution is 2.34. The topological polar surface area (TPSA) is 66.0 Å². The van der Waals surface area contributed by atoms with Crippen LogP contribution in [-0.2, 0) is 17.7 Å². The number of carbonyl (C=O) groups excluding carboxylic acids is 2. The summed E-state index contributed by atoms with van der Waals surface area (Å²) in [6.07, 6.45) is 5.42. The number of hydrogen-bond donors (Lipinski definition) is 0. The SMILES string of the molecule is O=C(c1cnc(N2CCc3c(cccc3N3CCOC3=O)C2)c(Cl)c1)N1CCCCC1. The Hall–Kier alpha value is -2.80. The Morgan fingerprint density at radius 3 is 2.68 bits per heavy atom. The summed E-state index contributed by atoms with van der Waals surface area (Å²) in [6.45, 7) is 3.99. The van der Waals surface area contributed by atoms with E-state index in [4.69, 9.17) is 16.3 Å². The molecule has 0 N–H and O–H groups in total. The molecule has 0 bridgehead atoms. The Morgan fingerprint density at radius 2 is 1.94 bits per heavy atom. The number of hydrogen-bond acceptors (Lipinski definition) is 5. The number of aromatic nitrogens is 1. The second-order valence-electron chi connectivity index (χ2n) is 8.23. The van der Waals surface area contributed by atoms with Crippen molar-refractivity contribution >= 4 is 35.1 Å². The molecular formula is C23H25ClN4O3. The number of halogens is 1. The summed E-state index contributed by atoms with van der Waals surface area (Å²) >= 11 is 6.58. The van der Waals surface area contributed by atoms with Gasteiger partial charge in [-0.3, -0.25) is 9.69 Å². The summed E-state index contributed by atoms with van der Waals surface area (Å²) in [6, 6.07) is 7.77. The van der Waals surface area contributed by atoms with E-state index in [9.17, 15) is 9.59 Å². The molecule has 3 aliphatic rings. The molecule has 8 heteroatoms. The molecule has 0 spiro atoms. The highest BCUT2D eigenvalue weighted by Gasteiger charge is 2.29. The molecule has 1 aromatic heterocycles. The lowest BCUT2D eigenvalue weighted by Gasteiger charge is -2.32. The number of benzene rings is 1. The smallest absolute Gasteiger partial charge is 0.414 e. The van der Waals surface area contributed by atoms with E-state index in [1.165, 1.54) is 12.0 Å². The number of likely N-dealkylation sites (tertiary alicyclic amines) is 1. The van der Waals surface area contributed by atoms with Crippen LogP contribution in [0.15, 0.2) is 30.5 Å². The minimum Gasteiger partial charge on any atom is -0.447 e. The number of ether oxygens (including phenoxy) is 1. The van der Waals surface area contributed by atoms with Gasteiger partial charge < -0.3 is 14.5 Å². The van der Waals surface area contributed by atoms with Crippen molar-refractivity contribution in [3.05, 3.63) is 52.2 Å². The lowest BCUT2D eigenvalue weighted by molar-refractivity contribution is 0.0724. The first-order chi connectivity index (χ1) is 15.1. The molecule has 162 valence electrons. The van der Waals surface area contributed by atoms with Gasteiger partial charge in [0.05, 0.1) is 22.8 Å². The van der Waals surface area contributed by atoms with Gasteiger partial charge >= 0.3 is 6.09 Å². The van der Waals surface area contributed by atoms with E-state index in [2.05, 4.69) is 16.0 Å². The average Bonchev–Trinajstić information content (AvgIpc) is 3.24. The van der Waals surface area contributed by atoms with E-state index in [0.717, 1.165) is 50.1 Å². The molecule has 0 aliphatic carbocycles. The van der Waals surface area contributed by atoms with Crippen LogP contribution in [0, 0.1) is 0 Å². The van der Waals surface area contributed by atoms with Gasteiger partial charge in [0.2, 0.25) is 0 Å². The van der Waals surface area contributed by atoms with Crippen LogP contribution in [0.3, 0.4) is 0 Å². The highest BCUT2D eigenvalue weighted by atomic mass is 35.5. The van der Waals surface area contributed by atoms with Crippen molar-refractivity contribution in [3.8, 4) is 0 Å². The fourth-order valence-electron chi connectivity index (χ4n) is 4.70. The Labute approximate surface area is 186 Å². The number of pyridine rings is 1. The summed E-state index contributed by atoms with van der Waals surface area (Å²) in [5.74, 6) is 0.695. The van der Waals surface area contributed by atoms with Crippen LogP contribution in [0.4, 0.5) is 16.3 Å². The van der Waals surface area contributed by atoms with Gasteiger partial charge in [0.15, 0.2) is 0 Å². The molecule has 2 aromatic rings. The van der Waals surface area contributed by atoms with Gasteiger partial charge in [-0.2, -0.15) is 0 Å². The van der Waals surface area contributed by atoms with Gasteiger partial charge in [0.1, 0.15) is 12.4 Å². The van der Waals surface area contributed by atoms with Crippen LogP contribution >= 0.6 is 11.6 Å². The summed E-state index contributed by atoms with van der Waals surface area (Å²) in [5.41, 5.74) is 3.80. The van der Waals surface area contributed by atoms with Crippen molar-refractivity contribution in [2.45, 2.75) is 32.2 Å². The monoisotopic (exact) mass is 440 g/mol. The number of anilines is 2. The molecule has 3 aliphatic heterocycles. The molecule has 0 radical (unpaired) electrons. The van der Waals surface area contributed by atoms with Crippen molar-refractivity contribution in [1.29, 1.82) is 0 Å². The summed E-state index contributed by atoms with van der Waals surface area (Å²) in [4.78, 5) is 35.1. The Morgan fingerprint density at radius 1 is 1.10 bits per heavy atom. The summed E-state index contributed by atoms with van der Waals surface area (Å²) in [5, 5.41) is 0.491. The van der Waals surface area contributed by atoms with E-state index in [0.29, 0.717) is 36.1 Å². The predicted molar refractivity (Wildman–Crippen MR) is 119 cm³/mol. The molecule has 31 heavy (non-hydrogen) atoms. The number of amides is 2. The first kappa shape index (κ1) is 20.1. The molecule has 7 nitrogen and oxygen atoms in total. The first-order valence-corrected chi connectivity index (χ1v) is 11.2. The summed E-state index contributed by atoms with van der Waals surface area (Å²) < 4.78 is 5.11. The average molecular weight is 441 g/mol. The number of cyclic esters (lactones) is 1. The van der Waals surface area contributed by atoms with E-state index < -0.39 is 0 Å². The van der Waals surface area contributed by atoms with Crippen molar-refractivity contribution < 1.29 is 14.3 Å². The normalized spacial score (nSPS) is 18.7. The molecular weight excluding hydrogens is 416 g/mol. The number of rotatable bonds is 3. The van der Waals surface area contributed by atoms with Gasteiger partial charge in [0.25, 0.3) is 5.91 Å². The second kappa shape index (κ2) is 8.38. The minimum absolute atomic E-state index is 0.00628. The number of nitrogens with zero attached hydrogens (tertiary/aromatic N) is 4. The van der Waals surface area contributed by atoms with Crippen LogP contribution < -0.4 is 9.80 Å². The standard InChI is InChI=1S/C23H25ClN4O3/c24-19-13-17(22(29)26-8-2-1-3-9-26)14-25-21(19)27-10-7-18-16(15-27)5-4-6-20(18)28-11-12-31-23(28)30/h4-6,13-14H,1-3,7-12,15H2. The maximum atomic E-state index is 12.8. The molecule has 0 unspecified atom stereocenters. The highest BCUT2D eigenvalue weighted by molar-refractivity contribution is 6.33. The molecule has 1 aromatic carbocycles. The van der Waals surface area contributed by atoms with E-state index in [1.54, 1.807) is 17.2 Å². The van der Waals surface area contributed by atoms with Crippen molar-refractivity contribution in [1.82, 2.24) is 9.88 Å². The zero-order chi connectivity index (χ0) is 21.4.